The molecule has 3 N–H and O–H groups in total. The summed E-state index contributed by atoms with van der Waals surface area (Å²) in [4.78, 5) is 12.2. The van der Waals surface area contributed by atoms with Crippen molar-refractivity contribution in [1.29, 1.82) is 0 Å². The monoisotopic (exact) mass is 407 g/mol. The van der Waals surface area contributed by atoms with E-state index < -0.39 is 11.6 Å². The van der Waals surface area contributed by atoms with Gasteiger partial charge in [0.2, 0.25) is 5.82 Å². The predicted molar refractivity (Wildman–Crippen MR) is 108 cm³/mol. The minimum absolute atomic E-state index is 0.0580. The Morgan fingerprint density at radius 1 is 1.03 bits per heavy atom. The molecule has 5 nitrogen and oxygen atoms in total. The number of unbranched alkanes of at least 4 members (excludes halogenated alkanes) is 1. The van der Waals surface area contributed by atoms with Gasteiger partial charge in [0.15, 0.2) is 17.3 Å². The maximum Gasteiger partial charge on any atom is 0.202 e. The number of nitrogen functional groups attached to an aromatic ring is 1. The molecule has 2 aromatic carbocycles. The smallest absolute Gasteiger partial charge is 0.202 e. The van der Waals surface area contributed by atoms with Gasteiger partial charge in [-0.15, -0.1) is 0 Å². The van der Waals surface area contributed by atoms with E-state index in [2.05, 4.69) is 0 Å². The number of rotatable bonds is 10. The highest BCUT2D eigenvalue weighted by atomic mass is 19.2. The molecule has 0 spiro atoms. The molecule has 0 atom stereocenters. The largest absolute Gasteiger partial charge is 0.507 e. The van der Waals surface area contributed by atoms with Crippen molar-refractivity contribution in [2.24, 2.45) is 5.92 Å². The average Bonchev–Trinajstić information content (AvgIpc) is 2.66. The van der Waals surface area contributed by atoms with Gasteiger partial charge in [-0.1, -0.05) is 13.8 Å². The van der Waals surface area contributed by atoms with Crippen molar-refractivity contribution >= 4 is 11.5 Å². The molecule has 0 amide bonds. The summed E-state index contributed by atoms with van der Waals surface area (Å²) < 4.78 is 37.9. The van der Waals surface area contributed by atoms with Gasteiger partial charge in [0.05, 0.1) is 24.5 Å². The molecule has 0 aromatic heterocycles. The predicted octanol–water partition coefficient (Wildman–Crippen LogP) is 5.03. The number of ketones is 1. The van der Waals surface area contributed by atoms with Gasteiger partial charge in [-0.3, -0.25) is 4.79 Å². The van der Waals surface area contributed by atoms with Crippen LogP contribution in [-0.4, -0.2) is 24.1 Å². The molecular formula is C22H27F2NO4. The van der Waals surface area contributed by atoms with Gasteiger partial charge in [-0.2, -0.15) is 4.39 Å². The van der Waals surface area contributed by atoms with E-state index >= 15 is 0 Å². The van der Waals surface area contributed by atoms with Gasteiger partial charge >= 0.3 is 0 Å². The second kappa shape index (κ2) is 10.1. The molecule has 0 aliphatic rings. The summed E-state index contributed by atoms with van der Waals surface area (Å²) in [5.74, 6) is -1.85. The number of aromatic hydroxyl groups is 1. The number of anilines is 1. The van der Waals surface area contributed by atoms with Crippen LogP contribution in [0.4, 0.5) is 14.5 Å². The molecule has 29 heavy (non-hydrogen) atoms. The van der Waals surface area contributed by atoms with Crippen molar-refractivity contribution in [3.05, 3.63) is 47.0 Å². The van der Waals surface area contributed by atoms with Gasteiger partial charge in [-0.05, 0) is 49.9 Å². The van der Waals surface area contributed by atoms with E-state index in [1.165, 1.54) is 12.1 Å². The number of hydrogen-bond acceptors (Lipinski definition) is 5. The van der Waals surface area contributed by atoms with Crippen LogP contribution in [-0.2, 0) is 0 Å². The molecular weight excluding hydrogens is 380 g/mol. The SMILES string of the molecule is Cc1c(OCCCCOc2ccc(N)c(F)c2F)ccc(C(=O)CC(C)C)c1O. The molecule has 0 aliphatic heterocycles. The fourth-order valence-corrected chi connectivity index (χ4v) is 2.77. The second-order valence-electron chi connectivity index (χ2n) is 7.29. The van der Waals surface area contributed by atoms with Gasteiger partial charge < -0.3 is 20.3 Å². The minimum atomic E-state index is -1.11. The summed E-state index contributed by atoms with van der Waals surface area (Å²) >= 11 is 0. The number of ether oxygens (including phenoxy) is 2. The van der Waals surface area contributed by atoms with Gasteiger partial charge in [0.1, 0.15) is 11.5 Å². The number of phenolic OH excluding ortho intramolecular Hbond substituents is 1. The third-order valence-corrected chi connectivity index (χ3v) is 4.41. The molecule has 0 heterocycles. The van der Waals surface area contributed by atoms with Crippen molar-refractivity contribution in [2.75, 3.05) is 18.9 Å². The highest BCUT2D eigenvalue weighted by Crippen LogP contribution is 2.32. The molecule has 0 unspecified atom stereocenters. The Hall–Kier alpha value is -2.83. The Kier molecular flexibility index (Phi) is 7.82. The number of nitrogens with two attached hydrogens (primary N) is 1. The van der Waals surface area contributed by atoms with Crippen LogP contribution in [0.1, 0.15) is 49.0 Å². The number of Topliss-reactive ketones (excluding diaryl/α,β-unsaturated/α-hetero) is 1. The lowest BCUT2D eigenvalue weighted by atomic mass is 9.98. The Balaban J connectivity index is 1.81. The summed E-state index contributed by atoms with van der Waals surface area (Å²) in [6, 6.07) is 5.79. The van der Waals surface area contributed by atoms with E-state index in [1.54, 1.807) is 19.1 Å². The van der Waals surface area contributed by atoms with Crippen LogP contribution in [0.3, 0.4) is 0 Å². The van der Waals surface area contributed by atoms with Crippen LogP contribution in [0.5, 0.6) is 17.2 Å². The van der Waals surface area contributed by atoms with E-state index in [0.717, 1.165) is 0 Å². The Labute approximate surface area is 169 Å². The molecule has 2 aromatic rings. The molecule has 0 bridgehead atoms. The summed E-state index contributed by atoms with van der Waals surface area (Å²) in [6.07, 6.45) is 1.53. The fraction of sp³-hybridized carbons (Fsp3) is 0.409. The third-order valence-electron chi connectivity index (χ3n) is 4.41. The molecule has 0 fully saturated rings. The maximum absolute atomic E-state index is 13.6. The first-order valence-corrected chi connectivity index (χ1v) is 9.57. The Morgan fingerprint density at radius 3 is 2.24 bits per heavy atom. The van der Waals surface area contributed by atoms with E-state index in [-0.39, 0.29) is 35.5 Å². The number of carbonyl (C=O) groups is 1. The lowest BCUT2D eigenvalue weighted by molar-refractivity contribution is 0.0965. The van der Waals surface area contributed by atoms with Crippen molar-refractivity contribution in [2.45, 2.75) is 40.0 Å². The number of halogens is 2. The first-order chi connectivity index (χ1) is 13.7. The van der Waals surface area contributed by atoms with Gasteiger partial charge in [0, 0.05) is 12.0 Å². The van der Waals surface area contributed by atoms with Crippen molar-refractivity contribution in [3.63, 3.8) is 0 Å². The van der Waals surface area contributed by atoms with Crippen LogP contribution in [0.25, 0.3) is 0 Å². The van der Waals surface area contributed by atoms with E-state index in [9.17, 15) is 18.7 Å². The molecule has 7 heteroatoms. The van der Waals surface area contributed by atoms with Crippen LogP contribution in [0, 0.1) is 24.5 Å². The van der Waals surface area contributed by atoms with Crippen LogP contribution >= 0.6 is 0 Å². The topological polar surface area (TPSA) is 81.8 Å². The third kappa shape index (κ3) is 5.82. The molecule has 0 saturated heterocycles. The second-order valence-corrected chi connectivity index (χ2v) is 7.29. The quantitative estimate of drug-likeness (QED) is 0.328. The zero-order valence-corrected chi connectivity index (χ0v) is 16.9. The summed E-state index contributed by atoms with van der Waals surface area (Å²) in [7, 11) is 0. The fourth-order valence-electron chi connectivity index (χ4n) is 2.77. The zero-order valence-electron chi connectivity index (χ0n) is 16.9. The maximum atomic E-state index is 13.6. The van der Waals surface area contributed by atoms with Crippen LogP contribution in [0.2, 0.25) is 0 Å². The molecule has 158 valence electrons. The highest BCUT2D eigenvalue weighted by Gasteiger charge is 2.17. The zero-order chi connectivity index (χ0) is 21.6. The number of carbonyl (C=O) groups excluding carboxylic acids is 1. The molecule has 0 saturated carbocycles. The highest BCUT2D eigenvalue weighted by molar-refractivity contribution is 5.99. The summed E-state index contributed by atoms with van der Waals surface area (Å²) in [5, 5.41) is 10.3. The van der Waals surface area contributed by atoms with E-state index in [4.69, 9.17) is 15.2 Å². The molecule has 2 rings (SSSR count). The number of hydrogen-bond donors (Lipinski definition) is 2. The molecule has 0 radical (unpaired) electrons. The van der Waals surface area contributed by atoms with Crippen molar-refractivity contribution < 1.29 is 28.2 Å². The normalized spacial score (nSPS) is 11.0. The van der Waals surface area contributed by atoms with Crippen LogP contribution in [0.15, 0.2) is 24.3 Å². The van der Waals surface area contributed by atoms with E-state index in [1.807, 2.05) is 13.8 Å². The van der Waals surface area contributed by atoms with Gasteiger partial charge in [-0.25, -0.2) is 4.39 Å². The van der Waals surface area contributed by atoms with Crippen molar-refractivity contribution in [1.82, 2.24) is 0 Å². The lowest BCUT2D eigenvalue weighted by Gasteiger charge is -2.14. The van der Waals surface area contributed by atoms with Gasteiger partial charge in [0.25, 0.3) is 0 Å². The Morgan fingerprint density at radius 2 is 1.62 bits per heavy atom. The molecule has 0 aliphatic carbocycles. The standard InChI is InChI=1S/C22H27F2NO4/c1-13(2)12-17(26)15-6-8-18(14(3)22(15)27)28-10-4-5-11-29-19-9-7-16(25)20(23)21(19)24/h6-9,13,27H,4-5,10-12,25H2,1-3H3. The lowest BCUT2D eigenvalue weighted by Crippen LogP contribution is -2.07. The Bertz CT molecular complexity index is 868. The van der Waals surface area contributed by atoms with Crippen LogP contribution < -0.4 is 15.2 Å². The summed E-state index contributed by atoms with van der Waals surface area (Å²) in [6.45, 7) is 6.12. The first kappa shape index (κ1) is 22.5. The first-order valence-electron chi connectivity index (χ1n) is 9.57. The number of benzene rings is 2. The average molecular weight is 407 g/mol. The van der Waals surface area contributed by atoms with E-state index in [0.29, 0.717) is 42.7 Å². The minimum Gasteiger partial charge on any atom is -0.507 e. The summed E-state index contributed by atoms with van der Waals surface area (Å²) in [5.41, 5.74) is 5.83. The number of phenols is 1. The van der Waals surface area contributed by atoms with Crippen molar-refractivity contribution in [3.8, 4) is 17.2 Å².